The van der Waals surface area contributed by atoms with Gasteiger partial charge in [-0.05, 0) is 35.9 Å². The van der Waals surface area contributed by atoms with Crippen LogP contribution in [0.2, 0.25) is 0 Å². The number of fused-ring (bicyclic) bond motifs is 1. The highest BCUT2D eigenvalue weighted by atomic mass is 79.9. The van der Waals surface area contributed by atoms with Gasteiger partial charge >= 0.3 is 11.6 Å². The van der Waals surface area contributed by atoms with E-state index in [1.165, 1.54) is 19.3 Å². The second kappa shape index (κ2) is 8.01. The predicted octanol–water partition coefficient (Wildman–Crippen LogP) is 4.32. The fraction of sp³-hybridized carbons (Fsp3) is 0.100. The molecule has 0 radical (unpaired) electrons. The summed E-state index contributed by atoms with van der Waals surface area (Å²) in [5, 5.41) is 0.689. The van der Waals surface area contributed by atoms with E-state index in [1.54, 1.807) is 24.3 Å². The maximum atomic E-state index is 12.0. The maximum Gasteiger partial charge on any atom is 0.336 e. The van der Waals surface area contributed by atoms with E-state index in [2.05, 4.69) is 15.9 Å². The maximum absolute atomic E-state index is 12.0. The Bertz CT molecular complexity index is 1040. The normalized spacial score (nSPS) is 11.0. The first-order valence-electron chi connectivity index (χ1n) is 7.76. The van der Waals surface area contributed by atoms with Crippen LogP contribution in [0.1, 0.15) is 11.1 Å². The number of hydrogen-bond acceptors (Lipinski definition) is 5. The lowest BCUT2D eigenvalue weighted by molar-refractivity contribution is -0.138. The molecule has 3 rings (SSSR count). The molecule has 0 amide bonds. The summed E-state index contributed by atoms with van der Waals surface area (Å²) in [6, 6.07) is 14.0. The first-order valence-corrected chi connectivity index (χ1v) is 8.55. The van der Waals surface area contributed by atoms with Gasteiger partial charge in [-0.1, -0.05) is 28.1 Å². The van der Waals surface area contributed by atoms with E-state index in [0.29, 0.717) is 22.3 Å². The minimum Gasteiger partial charge on any atom is -0.497 e. The lowest BCUT2D eigenvalue weighted by atomic mass is 10.1. The van der Waals surface area contributed by atoms with E-state index in [4.69, 9.17) is 13.9 Å². The number of halogens is 1. The summed E-state index contributed by atoms with van der Waals surface area (Å²) in [4.78, 5) is 23.7. The topological polar surface area (TPSA) is 65.7 Å². The van der Waals surface area contributed by atoms with Crippen LogP contribution in [0, 0.1) is 0 Å². The fourth-order valence-corrected chi connectivity index (χ4v) is 2.85. The highest BCUT2D eigenvalue weighted by Gasteiger charge is 2.09. The van der Waals surface area contributed by atoms with Crippen molar-refractivity contribution in [3.8, 4) is 5.75 Å². The highest BCUT2D eigenvalue weighted by Crippen LogP contribution is 2.23. The van der Waals surface area contributed by atoms with Crippen molar-refractivity contribution < 1.29 is 18.7 Å². The third kappa shape index (κ3) is 4.40. The molecule has 132 valence electrons. The molecule has 0 aliphatic carbocycles. The molecule has 0 fully saturated rings. The van der Waals surface area contributed by atoms with Crippen molar-refractivity contribution in [2.24, 2.45) is 0 Å². The molecule has 3 aromatic rings. The fourth-order valence-electron chi connectivity index (χ4n) is 2.43. The van der Waals surface area contributed by atoms with Crippen molar-refractivity contribution in [3.05, 3.63) is 80.6 Å². The number of rotatable bonds is 5. The van der Waals surface area contributed by atoms with Crippen molar-refractivity contribution in [1.29, 1.82) is 0 Å². The van der Waals surface area contributed by atoms with Crippen LogP contribution < -0.4 is 10.4 Å². The SMILES string of the molecule is COc1ccc2c(COC(=O)C=Cc3cccc(Br)c3)cc(=O)oc2c1. The number of carbonyl (C=O) groups excluding carboxylic acids is 1. The Hall–Kier alpha value is -2.86. The van der Waals surface area contributed by atoms with Gasteiger partial charge < -0.3 is 13.9 Å². The summed E-state index contributed by atoms with van der Waals surface area (Å²) in [5.74, 6) is 0.0756. The van der Waals surface area contributed by atoms with Gasteiger partial charge in [-0.3, -0.25) is 0 Å². The molecular weight excluding hydrogens is 400 g/mol. The lowest BCUT2D eigenvalue weighted by Crippen LogP contribution is -2.05. The van der Waals surface area contributed by atoms with Crippen LogP contribution in [0.5, 0.6) is 5.75 Å². The average Bonchev–Trinajstić information content (AvgIpc) is 2.63. The molecule has 0 aliphatic rings. The number of methoxy groups -OCH3 is 1. The molecule has 0 atom stereocenters. The zero-order valence-electron chi connectivity index (χ0n) is 13.9. The molecule has 1 heterocycles. The molecule has 0 saturated heterocycles. The Kier molecular flexibility index (Phi) is 5.53. The molecule has 2 aromatic carbocycles. The van der Waals surface area contributed by atoms with Gasteiger partial charge in [-0.15, -0.1) is 0 Å². The zero-order valence-corrected chi connectivity index (χ0v) is 15.5. The number of ether oxygens (including phenoxy) is 2. The second-order valence-corrected chi connectivity index (χ2v) is 6.36. The monoisotopic (exact) mass is 414 g/mol. The highest BCUT2D eigenvalue weighted by molar-refractivity contribution is 9.10. The van der Waals surface area contributed by atoms with Gasteiger partial charge in [0, 0.05) is 33.6 Å². The van der Waals surface area contributed by atoms with Gasteiger partial charge in [0.15, 0.2) is 0 Å². The van der Waals surface area contributed by atoms with Crippen molar-refractivity contribution in [2.75, 3.05) is 7.11 Å². The van der Waals surface area contributed by atoms with Gasteiger partial charge in [0.05, 0.1) is 7.11 Å². The molecule has 0 N–H and O–H groups in total. The van der Waals surface area contributed by atoms with Crippen molar-refractivity contribution in [2.45, 2.75) is 6.61 Å². The molecule has 6 heteroatoms. The van der Waals surface area contributed by atoms with Crippen LogP contribution in [0.25, 0.3) is 17.0 Å². The van der Waals surface area contributed by atoms with Crippen LogP contribution >= 0.6 is 15.9 Å². The quantitative estimate of drug-likeness (QED) is 0.353. The summed E-state index contributed by atoms with van der Waals surface area (Å²) >= 11 is 3.37. The van der Waals surface area contributed by atoms with Gasteiger partial charge in [0.2, 0.25) is 0 Å². The van der Waals surface area contributed by atoms with Crippen LogP contribution in [-0.2, 0) is 16.1 Å². The molecule has 5 nitrogen and oxygen atoms in total. The standard InChI is InChI=1S/C20H15BrO5/c1-24-16-6-7-17-14(10-20(23)26-18(17)11-16)12-25-19(22)8-5-13-3-2-4-15(21)9-13/h2-11H,12H2,1H3. The van der Waals surface area contributed by atoms with E-state index >= 15 is 0 Å². The molecular formula is C20H15BrO5. The molecule has 0 aliphatic heterocycles. The Morgan fingerprint density at radius 2 is 2.04 bits per heavy atom. The number of carbonyl (C=O) groups is 1. The summed E-state index contributed by atoms with van der Waals surface area (Å²) in [6.07, 6.45) is 3.01. The van der Waals surface area contributed by atoms with Gasteiger partial charge in [-0.25, -0.2) is 9.59 Å². The third-order valence-electron chi connectivity index (χ3n) is 3.67. The number of benzene rings is 2. The molecule has 0 spiro atoms. The van der Waals surface area contributed by atoms with Gasteiger partial charge in [0.1, 0.15) is 17.9 Å². The summed E-state index contributed by atoms with van der Waals surface area (Å²) < 4.78 is 16.5. The number of esters is 1. The Balaban J connectivity index is 1.75. The Morgan fingerprint density at radius 1 is 1.19 bits per heavy atom. The molecule has 1 aromatic heterocycles. The van der Waals surface area contributed by atoms with E-state index < -0.39 is 11.6 Å². The summed E-state index contributed by atoms with van der Waals surface area (Å²) in [6.45, 7) is -0.0317. The average molecular weight is 415 g/mol. The largest absolute Gasteiger partial charge is 0.497 e. The Labute approximate surface area is 158 Å². The summed E-state index contributed by atoms with van der Waals surface area (Å²) in [5.41, 5.74) is 1.31. The van der Waals surface area contributed by atoms with Crippen molar-refractivity contribution in [3.63, 3.8) is 0 Å². The van der Waals surface area contributed by atoms with Crippen LogP contribution in [0.4, 0.5) is 0 Å². The third-order valence-corrected chi connectivity index (χ3v) is 4.16. The first-order chi connectivity index (χ1) is 12.5. The minimum atomic E-state index is -0.513. The van der Waals surface area contributed by atoms with Crippen molar-refractivity contribution >= 4 is 38.9 Å². The van der Waals surface area contributed by atoms with Crippen LogP contribution in [0.15, 0.2) is 68.3 Å². The van der Waals surface area contributed by atoms with E-state index in [1.807, 2.05) is 24.3 Å². The van der Waals surface area contributed by atoms with Gasteiger partial charge in [-0.2, -0.15) is 0 Å². The smallest absolute Gasteiger partial charge is 0.336 e. The second-order valence-electron chi connectivity index (χ2n) is 5.45. The minimum absolute atomic E-state index is 0.0317. The lowest BCUT2D eigenvalue weighted by Gasteiger charge is -2.07. The zero-order chi connectivity index (χ0) is 18.5. The molecule has 26 heavy (non-hydrogen) atoms. The number of hydrogen-bond donors (Lipinski definition) is 0. The Morgan fingerprint density at radius 3 is 2.81 bits per heavy atom. The van der Waals surface area contributed by atoms with Crippen LogP contribution in [0.3, 0.4) is 0 Å². The van der Waals surface area contributed by atoms with Crippen LogP contribution in [-0.4, -0.2) is 13.1 Å². The molecule has 0 saturated carbocycles. The predicted molar refractivity (Wildman–Crippen MR) is 102 cm³/mol. The van der Waals surface area contributed by atoms with Gasteiger partial charge in [0.25, 0.3) is 0 Å². The van der Waals surface area contributed by atoms with E-state index in [9.17, 15) is 9.59 Å². The molecule has 0 bridgehead atoms. The van der Waals surface area contributed by atoms with E-state index in [-0.39, 0.29) is 6.61 Å². The van der Waals surface area contributed by atoms with Crippen molar-refractivity contribution in [1.82, 2.24) is 0 Å². The van der Waals surface area contributed by atoms with E-state index in [0.717, 1.165) is 10.0 Å². The first kappa shape index (κ1) is 17.9. The molecule has 0 unspecified atom stereocenters. The summed E-state index contributed by atoms with van der Waals surface area (Å²) in [7, 11) is 1.53.